The Kier molecular flexibility index (Phi) is 9.25. The third kappa shape index (κ3) is 7.80. The van der Waals surface area contributed by atoms with Crippen LogP contribution in [0, 0.1) is 0 Å². The third-order valence-corrected chi connectivity index (χ3v) is 3.10. The number of benzene rings is 1. The maximum absolute atomic E-state index is 9.10. The predicted molar refractivity (Wildman–Crippen MR) is 85.6 cm³/mol. The summed E-state index contributed by atoms with van der Waals surface area (Å²) < 4.78 is 16.6. The van der Waals surface area contributed by atoms with Gasteiger partial charge in [-0.05, 0) is 19.1 Å². The van der Waals surface area contributed by atoms with E-state index in [-0.39, 0.29) is 0 Å². The number of ether oxygens (including phenoxy) is 3. The maximum atomic E-state index is 9.10. The van der Waals surface area contributed by atoms with Crippen molar-refractivity contribution < 1.29 is 34.0 Å². The molecule has 1 aliphatic heterocycles. The topological polar surface area (TPSA) is 106 Å². The molecule has 0 amide bonds. The molecule has 1 saturated heterocycles. The number of morpholine rings is 1. The minimum Gasteiger partial charge on any atom is -0.490 e. The van der Waals surface area contributed by atoms with Gasteiger partial charge in [0.25, 0.3) is 0 Å². The summed E-state index contributed by atoms with van der Waals surface area (Å²) in [4.78, 5) is 20.6. The molecule has 0 bridgehead atoms. The number of carboxylic acid groups (broad SMARTS) is 2. The second-order valence-electron chi connectivity index (χ2n) is 4.79. The Labute approximate surface area is 140 Å². The molecule has 0 unspecified atom stereocenters. The lowest BCUT2D eigenvalue weighted by atomic mass is 10.3. The molecular weight excluding hydrogens is 318 g/mol. The molecule has 0 radical (unpaired) electrons. The summed E-state index contributed by atoms with van der Waals surface area (Å²) >= 11 is 0. The zero-order valence-corrected chi connectivity index (χ0v) is 13.6. The Balaban J connectivity index is 0.000000413. The Bertz CT molecular complexity index is 503. The molecule has 1 fully saturated rings. The fraction of sp³-hybridized carbons (Fsp3) is 0.500. The molecule has 8 nitrogen and oxygen atoms in total. The second kappa shape index (κ2) is 11.3. The minimum atomic E-state index is -1.82. The van der Waals surface area contributed by atoms with E-state index in [1.807, 2.05) is 31.2 Å². The number of para-hydroxylation sites is 2. The van der Waals surface area contributed by atoms with E-state index in [1.54, 1.807) is 0 Å². The molecule has 0 aromatic heterocycles. The summed E-state index contributed by atoms with van der Waals surface area (Å²) in [6.45, 7) is 7.90. The molecule has 8 heteroatoms. The van der Waals surface area contributed by atoms with E-state index in [0.29, 0.717) is 13.2 Å². The summed E-state index contributed by atoms with van der Waals surface area (Å²) in [7, 11) is 0. The summed E-state index contributed by atoms with van der Waals surface area (Å²) in [5.74, 6) is -2.00. The van der Waals surface area contributed by atoms with Crippen LogP contribution in [0.1, 0.15) is 6.92 Å². The van der Waals surface area contributed by atoms with Crippen LogP contribution in [0.25, 0.3) is 0 Å². The van der Waals surface area contributed by atoms with Gasteiger partial charge in [0.2, 0.25) is 0 Å². The Hall–Kier alpha value is -2.32. The molecular formula is C16H23NO7. The molecule has 0 saturated carbocycles. The summed E-state index contributed by atoms with van der Waals surface area (Å²) in [5, 5.41) is 14.8. The molecule has 1 aliphatic rings. The van der Waals surface area contributed by atoms with E-state index >= 15 is 0 Å². The van der Waals surface area contributed by atoms with Gasteiger partial charge in [-0.2, -0.15) is 0 Å². The molecule has 0 spiro atoms. The monoisotopic (exact) mass is 341 g/mol. The number of hydrogen-bond acceptors (Lipinski definition) is 6. The largest absolute Gasteiger partial charge is 0.490 e. The van der Waals surface area contributed by atoms with Crippen molar-refractivity contribution in [3.63, 3.8) is 0 Å². The zero-order valence-electron chi connectivity index (χ0n) is 13.6. The van der Waals surface area contributed by atoms with Crippen LogP contribution >= 0.6 is 0 Å². The number of aliphatic carboxylic acids is 2. The molecule has 1 aromatic carbocycles. The van der Waals surface area contributed by atoms with Crippen LogP contribution in [0.2, 0.25) is 0 Å². The average molecular weight is 341 g/mol. The number of carboxylic acids is 2. The van der Waals surface area contributed by atoms with Crippen molar-refractivity contribution in [2.24, 2.45) is 0 Å². The summed E-state index contributed by atoms with van der Waals surface area (Å²) in [5.41, 5.74) is 0. The van der Waals surface area contributed by atoms with E-state index in [9.17, 15) is 0 Å². The molecule has 1 heterocycles. The lowest BCUT2D eigenvalue weighted by molar-refractivity contribution is -0.159. The number of hydrogen-bond donors (Lipinski definition) is 2. The van der Waals surface area contributed by atoms with Crippen LogP contribution in [0.5, 0.6) is 11.5 Å². The fourth-order valence-corrected chi connectivity index (χ4v) is 1.95. The van der Waals surface area contributed by atoms with Gasteiger partial charge < -0.3 is 24.4 Å². The Morgan fingerprint density at radius 3 is 2.12 bits per heavy atom. The van der Waals surface area contributed by atoms with Crippen LogP contribution in [0.15, 0.2) is 24.3 Å². The summed E-state index contributed by atoms with van der Waals surface area (Å²) in [6.07, 6.45) is 0. The SMILES string of the molecule is CCOc1ccccc1OCCN1CCOCC1.O=C(O)C(=O)O. The first-order chi connectivity index (χ1) is 11.5. The molecule has 0 atom stereocenters. The van der Waals surface area contributed by atoms with Gasteiger partial charge in [-0.3, -0.25) is 4.90 Å². The van der Waals surface area contributed by atoms with Gasteiger partial charge in [0.15, 0.2) is 11.5 Å². The molecule has 0 aliphatic carbocycles. The molecule has 2 rings (SSSR count). The van der Waals surface area contributed by atoms with Crippen molar-refractivity contribution in [2.75, 3.05) is 46.1 Å². The van der Waals surface area contributed by atoms with Gasteiger partial charge in [0, 0.05) is 19.6 Å². The smallest absolute Gasteiger partial charge is 0.414 e. The maximum Gasteiger partial charge on any atom is 0.414 e. The van der Waals surface area contributed by atoms with Crippen LogP contribution in [0.4, 0.5) is 0 Å². The van der Waals surface area contributed by atoms with E-state index < -0.39 is 11.9 Å². The Morgan fingerprint density at radius 1 is 1.08 bits per heavy atom. The zero-order chi connectivity index (χ0) is 17.8. The fourth-order valence-electron chi connectivity index (χ4n) is 1.95. The van der Waals surface area contributed by atoms with Crippen molar-refractivity contribution in [1.82, 2.24) is 4.90 Å². The van der Waals surface area contributed by atoms with E-state index in [2.05, 4.69) is 4.90 Å². The second-order valence-corrected chi connectivity index (χ2v) is 4.79. The normalized spacial score (nSPS) is 14.2. The van der Waals surface area contributed by atoms with Crippen molar-refractivity contribution in [1.29, 1.82) is 0 Å². The first-order valence-corrected chi connectivity index (χ1v) is 7.65. The lowest BCUT2D eigenvalue weighted by Crippen LogP contribution is -2.38. The van der Waals surface area contributed by atoms with Crippen molar-refractivity contribution >= 4 is 11.9 Å². The van der Waals surface area contributed by atoms with Crippen LogP contribution in [-0.2, 0) is 14.3 Å². The number of rotatable bonds is 6. The number of carbonyl (C=O) groups is 2. The van der Waals surface area contributed by atoms with Crippen LogP contribution in [-0.4, -0.2) is 73.1 Å². The highest BCUT2D eigenvalue weighted by molar-refractivity contribution is 6.27. The first kappa shape index (κ1) is 19.7. The van der Waals surface area contributed by atoms with Gasteiger partial charge in [0.1, 0.15) is 6.61 Å². The minimum absolute atomic E-state index is 0.657. The number of nitrogens with zero attached hydrogens (tertiary/aromatic N) is 1. The van der Waals surface area contributed by atoms with E-state index in [4.69, 9.17) is 34.0 Å². The van der Waals surface area contributed by atoms with Gasteiger partial charge in [0.05, 0.1) is 19.8 Å². The van der Waals surface area contributed by atoms with E-state index in [0.717, 1.165) is 44.3 Å². The first-order valence-electron chi connectivity index (χ1n) is 7.65. The van der Waals surface area contributed by atoms with Crippen molar-refractivity contribution in [2.45, 2.75) is 6.92 Å². The highest BCUT2D eigenvalue weighted by Crippen LogP contribution is 2.26. The van der Waals surface area contributed by atoms with Gasteiger partial charge in [-0.25, -0.2) is 9.59 Å². The molecule has 1 aromatic rings. The van der Waals surface area contributed by atoms with Gasteiger partial charge in [-0.1, -0.05) is 12.1 Å². The molecule has 134 valence electrons. The van der Waals surface area contributed by atoms with Crippen molar-refractivity contribution in [3.8, 4) is 11.5 Å². The van der Waals surface area contributed by atoms with Crippen LogP contribution in [0.3, 0.4) is 0 Å². The highest BCUT2D eigenvalue weighted by atomic mass is 16.5. The standard InChI is InChI=1S/C14H21NO3.C2H2O4/c1-2-17-13-5-3-4-6-14(13)18-12-9-15-7-10-16-11-8-15;3-1(4)2(5)6/h3-6H,2,7-12H2,1H3;(H,3,4)(H,5,6). The Morgan fingerprint density at radius 2 is 1.62 bits per heavy atom. The third-order valence-electron chi connectivity index (χ3n) is 3.10. The average Bonchev–Trinajstić information content (AvgIpc) is 2.58. The van der Waals surface area contributed by atoms with Gasteiger partial charge in [-0.15, -0.1) is 0 Å². The lowest BCUT2D eigenvalue weighted by Gasteiger charge is -2.26. The van der Waals surface area contributed by atoms with Gasteiger partial charge >= 0.3 is 11.9 Å². The van der Waals surface area contributed by atoms with Crippen LogP contribution < -0.4 is 9.47 Å². The molecule has 24 heavy (non-hydrogen) atoms. The quantitative estimate of drug-likeness (QED) is 0.737. The van der Waals surface area contributed by atoms with Crippen molar-refractivity contribution in [3.05, 3.63) is 24.3 Å². The summed E-state index contributed by atoms with van der Waals surface area (Å²) in [6, 6.07) is 7.81. The van der Waals surface area contributed by atoms with E-state index in [1.165, 1.54) is 0 Å². The highest BCUT2D eigenvalue weighted by Gasteiger charge is 2.10. The molecule has 2 N–H and O–H groups in total. The predicted octanol–water partition coefficient (Wildman–Crippen LogP) is 0.952.